The molecule has 0 saturated heterocycles. The highest BCUT2D eigenvalue weighted by atomic mass is 32.2. The molecule has 0 aliphatic rings. The first-order valence-electron chi connectivity index (χ1n) is 8.73. The van der Waals surface area contributed by atoms with Gasteiger partial charge < -0.3 is 10.1 Å². The zero-order valence-electron chi connectivity index (χ0n) is 16.2. The van der Waals surface area contributed by atoms with Gasteiger partial charge in [0, 0.05) is 5.38 Å². The van der Waals surface area contributed by atoms with E-state index in [1.54, 1.807) is 32.9 Å². The zero-order chi connectivity index (χ0) is 20.9. The molecular formula is C18H25N3O5S2. The Kier molecular flexibility index (Phi) is 7.02. The van der Waals surface area contributed by atoms with Crippen molar-refractivity contribution < 1.29 is 22.5 Å². The number of hydrogen-bond donors (Lipinski definition) is 3. The molecule has 1 atom stereocenters. The summed E-state index contributed by atoms with van der Waals surface area (Å²) in [5, 5.41) is 5.74. The third-order valence-corrected chi connectivity index (χ3v) is 5.07. The van der Waals surface area contributed by atoms with Crippen LogP contribution in [-0.4, -0.2) is 29.6 Å². The number of benzene rings is 1. The summed E-state index contributed by atoms with van der Waals surface area (Å²) in [6.07, 6.45) is 0.714. The molecule has 0 bridgehead atoms. The Morgan fingerprint density at radius 2 is 1.93 bits per heavy atom. The van der Waals surface area contributed by atoms with Crippen molar-refractivity contribution >= 4 is 33.4 Å². The lowest BCUT2D eigenvalue weighted by atomic mass is 10.0. The Morgan fingerprint density at radius 3 is 2.43 bits per heavy atom. The molecule has 3 N–H and O–H groups in total. The molecule has 154 valence electrons. The van der Waals surface area contributed by atoms with E-state index < -0.39 is 28.0 Å². The second-order valence-electron chi connectivity index (χ2n) is 7.20. The predicted octanol–water partition coefficient (Wildman–Crippen LogP) is 3.73. The van der Waals surface area contributed by atoms with E-state index in [-0.39, 0.29) is 5.69 Å². The molecule has 0 fully saturated rings. The van der Waals surface area contributed by atoms with Crippen LogP contribution >= 0.6 is 11.3 Å². The van der Waals surface area contributed by atoms with Gasteiger partial charge >= 0.3 is 16.4 Å². The largest absolute Gasteiger partial charge is 0.444 e. The average Bonchev–Trinajstić information content (AvgIpc) is 3.02. The summed E-state index contributed by atoms with van der Waals surface area (Å²) in [5.74, 6) is 0. The molecule has 0 aliphatic heterocycles. The first kappa shape index (κ1) is 22.1. The van der Waals surface area contributed by atoms with Gasteiger partial charge in [-0.2, -0.15) is 8.42 Å². The number of aryl methyl sites for hydroxylation is 1. The van der Waals surface area contributed by atoms with E-state index in [0.717, 1.165) is 22.7 Å². The van der Waals surface area contributed by atoms with E-state index in [0.29, 0.717) is 6.42 Å². The van der Waals surface area contributed by atoms with Gasteiger partial charge in [0.05, 0.1) is 22.4 Å². The molecule has 0 saturated carbocycles. The quantitative estimate of drug-likeness (QED) is 0.580. The number of carbonyl (C=O) groups is 1. The van der Waals surface area contributed by atoms with Gasteiger partial charge in [0.1, 0.15) is 5.60 Å². The smallest absolute Gasteiger partial charge is 0.408 e. The van der Waals surface area contributed by atoms with Crippen molar-refractivity contribution in [1.82, 2.24) is 10.3 Å². The van der Waals surface area contributed by atoms with E-state index in [1.807, 2.05) is 17.0 Å². The number of nitrogens with one attached hydrogen (secondary N) is 2. The number of carbonyl (C=O) groups excluding carboxylic acids is 1. The number of anilines is 1. The predicted molar refractivity (Wildman–Crippen MR) is 109 cm³/mol. The lowest BCUT2D eigenvalue weighted by Crippen LogP contribution is -2.36. The molecule has 1 aromatic heterocycles. The van der Waals surface area contributed by atoms with Crippen molar-refractivity contribution in [2.24, 2.45) is 0 Å². The number of alkyl carbamates (subject to hydrolysis) is 1. The van der Waals surface area contributed by atoms with E-state index >= 15 is 0 Å². The fourth-order valence-electron chi connectivity index (χ4n) is 2.42. The van der Waals surface area contributed by atoms with Gasteiger partial charge in [-0.15, -0.1) is 11.3 Å². The minimum Gasteiger partial charge on any atom is -0.444 e. The maximum Gasteiger partial charge on any atom is 0.408 e. The number of aromatic nitrogens is 1. The Hall–Kier alpha value is -2.17. The topological polar surface area (TPSA) is 118 Å². The van der Waals surface area contributed by atoms with Crippen LogP contribution in [0.5, 0.6) is 0 Å². The fraction of sp³-hybridized carbons (Fsp3) is 0.444. The monoisotopic (exact) mass is 427 g/mol. The zero-order valence-corrected chi connectivity index (χ0v) is 17.9. The molecule has 28 heavy (non-hydrogen) atoms. The molecule has 1 heterocycles. The highest BCUT2D eigenvalue weighted by Gasteiger charge is 2.22. The Balaban J connectivity index is 2.18. The summed E-state index contributed by atoms with van der Waals surface area (Å²) in [6.45, 7) is 7.39. The molecule has 0 radical (unpaired) electrons. The Labute approximate surface area is 169 Å². The molecule has 0 spiro atoms. The summed E-state index contributed by atoms with van der Waals surface area (Å²) < 4.78 is 38.0. The van der Waals surface area contributed by atoms with Crippen molar-refractivity contribution in [2.75, 3.05) is 4.72 Å². The van der Waals surface area contributed by atoms with E-state index in [2.05, 4.69) is 10.3 Å². The maximum atomic E-state index is 12.3. The highest BCUT2D eigenvalue weighted by Crippen LogP contribution is 2.23. The number of thiazole rings is 1. The third-order valence-electron chi connectivity index (χ3n) is 3.56. The normalized spacial score (nSPS) is 13.0. The summed E-state index contributed by atoms with van der Waals surface area (Å²) in [7, 11) is -4.32. The molecular weight excluding hydrogens is 402 g/mol. The second kappa shape index (κ2) is 8.89. The van der Waals surface area contributed by atoms with Gasteiger partial charge in [-0.05, 0) is 51.3 Å². The van der Waals surface area contributed by atoms with Gasteiger partial charge in [-0.25, -0.2) is 9.78 Å². The number of hydrogen-bond acceptors (Lipinski definition) is 6. The second-order valence-corrected chi connectivity index (χ2v) is 9.29. The number of rotatable bonds is 7. The Morgan fingerprint density at radius 1 is 1.29 bits per heavy atom. The van der Waals surface area contributed by atoms with Crippen LogP contribution in [0, 0.1) is 0 Å². The van der Waals surface area contributed by atoms with Crippen LogP contribution in [0.2, 0.25) is 0 Å². The van der Waals surface area contributed by atoms with Crippen molar-refractivity contribution in [1.29, 1.82) is 0 Å². The molecule has 2 rings (SSSR count). The van der Waals surface area contributed by atoms with Gasteiger partial charge in [-0.1, -0.05) is 19.1 Å². The van der Waals surface area contributed by atoms with Gasteiger partial charge in [0.15, 0.2) is 0 Å². The number of amides is 1. The summed E-state index contributed by atoms with van der Waals surface area (Å²) in [5.41, 5.74) is 1.22. The fourth-order valence-corrected chi connectivity index (χ4v) is 3.65. The molecule has 2 aromatic rings. The summed E-state index contributed by atoms with van der Waals surface area (Å²) in [4.78, 5) is 16.8. The highest BCUT2D eigenvalue weighted by molar-refractivity contribution is 7.87. The number of nitrogens with zero attached hydrogens (tertiary/aromatic N) is 1. The molecule has 0 unspecified atom stereocenters. The lowest BCUT2D eigenvalue weighted by Gasteiger charge is -2.23. The Bertz CT molecular complexity index is 902. The molecule has 8 nitrogen and oxygen atoms in total. The van der Waals surface area contributed by atoms with E-state index in [9.17, 15) is 13.2 Å². The minimum absolute atomic E-state index is 0.241. The third kappa shape index (κ3) is 7.45. The van der Waals surface area contributed by atoms with Gasteiger partial charge in [0.25, 0.3) is 0 Å². The van der Waals surface area contributed by atoms with Crippen LogP contribution in [0.3, 0.4) is 0 Å². The molecule has 1 aromatic carbocycles. The lowest BCUT2D eigenvalue weighted by molar-refractivity contribution is 0.0502. The van der Waals surface area contributed by atoms with Crippen molar-refractivity contribution in [3.05, 3.63) is 45.9 Å². The number of ether oxygens (including phenoxy) is 1. The van der Waals surface area contributed by atoms with E-state index in [1.165, 1.54) is 23.5 Å². The van der Waals surface area contributed by atoms with Crippen LogP contribution in [0.25, 0.3) is 0 Å². The van der Waals surface area contributed by atoms with Crippen LogP contribution in [0.4, 0.5) is 10.5 Å². The average molecular weight is 428 g/mol. The summed E-state index contributed by atoms with van der Waals surface area (Å²) >= 11 is 1.53. The van der Waals surface area contributed by atoms with Crippen LogP contribution in [-0.2, 0) is 27.9 Å². The van der Waals surface area contributed by atoms with Crippen molar-refractivity contribution in [2.45, 2.75) is 52.2 Å². The van der Waals surface area contributed by atoms with Crippen LogP contribution in [0.15, 0.2) is 29.6 Å². The summed E-state index contributed by atoms with van der Waals surface area (Å²) in [6, 6.07) is 6.10. The molecule has 1 amide bonds. The van der Waals surface area contributed by atoms with Crippen LogP contribution in [0.1, 0.15) is 50.0 Å². The standard InChI is InChI=1S/C18H25N3O5S2/c1-5-16-19-15(11-27-16)14(20-17(22)26-18(2,3)4)10-12-6-8-13(9-7-12)21-28(23,24)25/h6-9,11,14,21H,5,10H2,1-4H3,(H,20,22)(H,23,24,25)/t14-/m0/s1. The first-order valence-corrected chi connectivity index (χ1v) is 11.0. The van der Waals surface area contributed by atoms with Gasteiger partial charge in [0.2, 0.25) is 0 Å². The van der Waals surface area contributed by atoms with Crippen LogP contribution < -0.4 is 10.0 Å². The van der Waals surface area contributed by atoms with Crippen molar-refractivity contribution in [3.63, 3.8) is 0 Å². The first-order chi connectivity index (χ1) is 12.9. The van der Waals surface area contributed by atoms with Gasteiger partial charge in [-0.3, -0.25) is 9.27 Å². The SMILES string of the molecule is CCc1nc([C@H](Cc2ccc(NS(=O)(=O)O)cc2)NC(=O)OC(C)(C)C)cs1. The van der Waals surface area contributed by atoms with Crippen molar-refractivity contribution in [3.8, 4) is 0 Å². The van der Waals surface area contributed by atoms with E-state index in [4.69, 9.17) is 9.29 Å². The molecule has 0 aliphatic carbocycles. The minimum atomic E-state index is -4.32. The molecule has 10 heteroatoms. The maximum absolute atomic E-state index is 12.3.